The summed E-state index contributed by atoms with van der Waals surface area (Å²) in [6.45, 7) is 6.36. The molecule has 0 saturated heterocycles. The van der Waals surface area contributed by atoms with Crippen LogP contribution in [0, 0.1) is 0 Å². The fourth-order valence-corrected chi connectivity index (χ4v) is 3.58. The van der Waals surface area contributed by atoms with Gasteiger partial charge >= 0.3 is 0 Å². The Labute approximate surface area is 125 Å². The Hall–Kier alpha value is -1.45. The van der Waals surface area contributed by atoms with E-state index in [1.54, 1.807) is 0 Å². The Balaban J connectivity index is 1.91. The summed E-state index contributed by atoms with van der Waals surface area (Å²) in [4.78, 5) is 5.11. The highest BCUT2D eigenvalue weighted by molar-refractivity contribution is 7.99. The lowest BCUT2D eigenvalue weighted by Crippen LogP contribution is -2.33. The Bertz CT molecular complexity index is 550. The molecule has 2 nitrogen and oxygen atoms in total. The molecular formula is C17H20N2S. The molecule has 0 aromatic heterocycles. The van der Waals surface area contributed by atoms with Crippen LogP contribution in [-0.4, -0.2) is 19.1 Å². The Morgan fingerprint density at radius 2 is 1.50 bits per heavy atom. The van der Waals surface area contributed by atoms with Crippen molar-refractivity contribution in [1.82, 2.24) is 5.32 Å². The second kappa shape index (κ2) is 5.90. The first-order chi connectivity index (χ1) is 9.75. The van der Waals surface area contributed by atoms with E-state index >= 15 is 0 Å². The number of anilines is 2. The van der Waals surface area contributed by atoms with E-state index in [9.17, 15) is 0 Å². The Morgan fingerprint density at radius 1 is 0.950 bits per heavy atom. The van der Waals surface area contributed by atoms with Gasteiger partial charge in [0.15, 0.2) is 0 Å². The molecule has 3 heteroatoms. The minimum atomic E-state index is 0.527. The summed E-state index contributed by atoms with van der Waals surface area (Å²) in [5.41, 5.74) is 2.64. The van der Waals surface area contributed by atoms with Crippen LogP contribution in [0.25, 0.3) is 0 Å². The van der Waals surface area contributed by atoms with Crippen molar-refractivity contribution in [1.29, 1.82) is 0 Å². The first-order valence-corrected chi connectivity index (χ1v) is 7.94. The molecule has 1 heterocycles. The predicted octanol–water partition coefficient (Wildman–Crippen LogP) is 4.29. The van der Waals surface area contributed by atoms with E-state index in [-0.39, 0.29) is 0 Å². The second-order valence-electron chi connectivity index (χ2n) is 5.30. The topological polar surface area (TPSA) is 15.3 Å². The van der Waals surface area contributed by atoms with Gasteiger partial charge in [-0.25, -0.2) is 0 Å². The first-order valence-electron chi connectivity index (χ1n) is 7.12. The van der Waals surface area contributed by atoms with Crippen molar-refractivity contribution < 1.29 is 0 Å². The molecule has 0 bridgehead atoms. The van der Waals surface area contributed by atoms with Gasteiger partial charge in [0.2, 0.25) is 0 Å². The van der Waals surface area contributed by atoms with Crippen LogP contribution in [0.1, 0.15) is 13.8 Å². The van der Waals surface area contributed by atoms with E-state index in [4.69, 9.17) is 0 Å². The molecule has 104 valence electrons. The zero-order valence-corrected chi connectivity index (χ0v) is 12.8. The maximum absolute atomic E-state index is 3.51. The number of rotatable bonds is 4. The van der Waals surface area contributed by atoms with Gasteiger partial charge in [-0.1, -0.05) is 49.9 Å². The van der Waals surface area contributed by atoms with Gasteiger partial charge in [0.05, 0.1) is 11.4 Å². The highest BCUT2D eigenvalue weighted by Crippen LogP contribution is 2.47. The third kappa shape index (κ3) is 2.69. The molecule has 0 atom stereocenters. The quantitative estimate of drug-likeness (QED) is 0.901. The van der Waals surface area contributed by atoms with Crippen molar-refractivity contribution in [3.8, 4) is 0 Å². The van der Waals surface area contributed by atoms with Crippen LogP contribution in [0.2, 0.25) is 0 Å². The van der Waals surface area contributed by atoms with Crippen molar-refractivity contribution in [3.63, 3.8) is 0 Å². The molecule has 2 aromatic carbocycles. The third-order valence-corrected chi connectivity index (χ3v) is 4.55. The number of para-hydroxylation sites is 2. The highest BCUT2D eigenvalue weighted by atomic mass is 32.2. The van der Waals surface area contributed by atoms with Crippen molar-refractivity contribution in [2.24, 2.45) is 0 Å². The summed E-state index contributed by atoms with van der Waals surface area (Å²) < 4.78 is 0. The summed E-state index contributed by atoms with van der Waals surface area (Å²) in [6.07, 6.45) is 0. The lowest BCUT2D eigenvalue weighted by atomic mass is 10.2. The van der Waals surface area contributed by atoms with Crippen LogP contribution in [0.3, 0.4) is 0 Å². The van der Waals surface area contributed by atoms with Crippen LogP contribution in [-0.2, 0) is 0 Å². The van der Waals surface area contributed by atoms with Gasteiger partial charge in [0.1, 0.15) is 0 Å². The smallest absolute Gasteiger partial charge is 0.0553 e. The molecule has 3 rings (SSSR count). The molecule has 1 aliphatic heterocycles. The van der Waals surface area contributed by atoms with Gasteiger partial charge < -0.3 is 10.2 Å². The minimum absolute atomic E-state index is 0.527. The molecule has 0 fully saturated rings. The standard InChI is InChI=1S/C17H20N2S/c1-13(2)18-11-12-19-14-7-3-5-9-16(14)20-17-10-6-4-8-15(17)19/h3-10,13,18H,11-12H2,1-2H3. The van der Waals surface area contributed by atoms with Gasteiger partial charge in [-0.05, 0) is 24.3 Å². The van der Waals surface area contributed by atoms with Crippen LogP contribution in [0.5, 0.6) is 0 Å². The van der Waals surface area contributed by atoms with Crippen molar-refractivity contribution in [2.45, 2.75) is 29.7 Å². The highest BCUT2D eigenvalue weighted by Gasteiger charge is 2.22. The average molecular weight is 284 g/mol. The second-order valence-corrected chi connectivity index (χ2v) is 6.38. The lowest BCUT2D eigenvalue weighted by Gasteiger charge is -2.33. The zero-order valence-electron chi connectivity index (χ0n) is 12.0. The zero-order chi connectivity index (χ0) is 13.9. The summed E-state index contributed by atoms with van der Waals surface area (Å²) in [5, 5.41) is 3.51. The number of nitrogens with zero attached hydrogens (tertiary/aromatic N) is 1. The molecule has 0 amide bonds. The molecule has 1 aliphatic rings. The van der Waals surface area contributed by atoms with Gasteiger partial charge in [-0.15, -0.1) is 0 Å². The predicted molar refractivity (Wildman–Crippen MR) is 87.2 cm³/mol. The van der Waals surface area contributed by atoms with Crippen molar-refractivity contribution in [3.05, 3.63) is 48.5 Å². The van der Waals surface area contributed by atoms with E-state index in [1.807, 2.05) is 11.8 Å². The largest absolute Gasteiger partial charge is 0.338 e. The van der Waals surface area contributed by atoms with Gasteiger partial charge in [0, 0.05) is 28.9 Å². The number of fused-ring (bicyclic) bond motifs is 2. The summed E-state index contributed by atoms with van der Waals surface area (Å²) in [6, 6.07) is 17.8. The van der Waals surface area contributed by atoms with E-state index < -0.39 is 0 Å². The van der Waals surface area contributed by atoms with Crippen LogP contribution in [0.4, 0.5) is 11.4 Å². The monoisotopic (exact) mass is 284 g/mol. The van der Waals surface area contributed by atoms with Crippen LogP contribution >= 0.6 is 11.8 Å². The third-order valence-electron chi connectivity index (χ3n) is 3.42. The Morgan fingerprint density at radius 3 is 2.05 bits per heavy atom. The van der Waals surface area contributed by atoms with Crippen molar-refractivity contribution >= 4 is 23.1 Å². The normalized spacial score (nSPS) is 13.2. The number of benzene rings is 2. The maximum Gasteiger partial charge on any atom is 0.0553 e. The van der Waals surface area contributed by atoms with Crippen molar-refractivity contribution in [2.75, 3.05) is 18.0 Å². The minimum Gasteiger partial charge on any atom is -0.338 e. The molecule has 0 spiro atoms. The van der Waals surface area contributed by atoms with E-state index in [2.05, 4.69) is 72.6 Å². The molecule has 0 radical (unpaired) electrons. The number of hydrogen-bond acceptors (Lipinski definition) is 3. The molecule has 20 heavy (non-hydrogen) atoms. The molecule has 0 saturated carbocycles. The van der Waals surface area contributed by atoms with Gasteiger partial charge in [0.25, 0.3) is 0 Å². The lowest BCUT2D eigenvalue weighted by molar-refractivity contribution is 0.592. The number of hydrogen-bond donors (Lipinski definition) is 1. The van der Waals surface area contributed by atoms with E-state index in [0.717, 1.165) is 13.1 Å². The van der Waals surface area contributed by atoms with Gasteiger partial charge in [-0.3, -0.25) is 0 Å². The van der Waals surface area contributed by atoms with E-state index in [0.29, 0.717) is 6.04 Å². The average Bonchev–Trinajstić information content (AvgIpc) is 2.46. The fraction of sp³-hybridized carbons (Fsp3) is 0.294. The summed E-state index contributed by atoms with van der Waals surface area (Å²) >= 11 is 1.86. The first kappa shape index (κ1) is 13.5. The number of nitrogens with one attached hydrogen (secondary N) is 1. The van der Waals surface area contributed by atoms with Crippen LogP contribution in [0.15, 0.2) is 58.3 Å². The molecular weight excluding hydrogens is 264 g/mol. The maximum atomic E-state index is 3.51. The molecule has 2 aromatic rings. The summed E-state index contributed by atoms with van der Waals surface area (Å²) in [7, 11) is 0. The molecule has 1 N–H and O–H groups in total. The van der Waals surface area contributed by atoms with Gasteiger partial charge in [-0.2, -0.15) is 0 Å². The molecule has 0 unspecified atom stereocenters. The fourth-order valence-electron chi connectivity index (χ4n) is 2.49. The molecule has 0 aliphatic carbocycles. The van der Waals surface area contributed by atoms with Crippen LogP contribution < -0.4 is 10.2 Å². The summed E-state index contributed by atoms with van der Waals surface area (Å²) in [5.74, 6) is 0. The Kier molecular flexibility index (Phi) is 3.99. The SMILES string of the molecule is CC(C)NCCN1c2ccccc2Sc2ccccc21. The van der Waals surface area contributed by atoms with E-state index in [1.165, 1.54) is 21.2 Å².